The number of rotatable bonds is 3. The number of hydrogen-bond donors (Lipinski definition) is 2. The Balaban J connectivity index is 1.39. The zero-order valence-electron chi connectivity index (χ0n) is 14.1. The highest BCUT2D eigenvalue weighted by Gasteiger charge is 2.24. The highest BCUT2D eigenvalue weighted by Crippen LogP contribution is 2.20. The van der Waals surface area contributed by atoms with Gasteiger partial charge in [0.2, 0.25) is 0 Å². The molecule has 0 spiro atoms. The topological polar surface area (TPSA) is 78.1 Å². The van der Waals surface area contributed by atoms with Gasteiger partial charge in [0.25, 0.3) is 11.5 Å². The van der Waals surface area contributed by atoms with Gasteiger partial charge in [0.1, 0.15) is 11.4 Å². The van der Waals surface area contributed by atoms with Crippen molar-refractivity contribution in [2.45, 2.75) is 38.1 Å². The molecule has 0 radical (unpaired) electrons. The van der Waals surface area contributed by atoms with Crippen molar-refractivity contribution in [3.05, 3.63) is 57.6 Å². The molecule has 3 heterocycles. The molecular formula is C19H22N4O2. The number of amides is 1. The quantitative estimate of drug-likeness (QED) is 0.892. The molecule has 1 saturated heterocycles. The number of piperidine rings is 1. The Labute approximate surface area is 146 Å². The molecule has 2 N–H and O–H groups in total. The van der Waals surface area contributed by atoms with Crippen LogP contribution in [0.4, 0.5) is 5.82 Å². The average molecular weight is 338 g/mol. The predicted octanol–water partition coefficient (Wildman–Crippen LogP) is 1.66. The standard InChI is InChI=1S/C19H22N4O2/c24-18(15-12-13-4-3-5-16(13)22-19(15)25)21-14-7-10-23(11-8-14)17-6-1-2-9-20-17/h1-2,6,9,12,14H,3-5,7-8,10-11H2,(H,21,24)(H,22,25). The first-order valence-corrected chi connectivity index (χ1v) is 8.92. The molecule has 0 atom stereocenters. The summed E-state index contributed by atoms with van der Waals surface area (Å²) in [6.45, 7) is 1.70. The molecule has 2 aromatic heterocycles. The fourth-order valence-corrected chi connectivity index (χ4v) is 3.74. The summed E-state index contributed by atoms with van der Waals surface area (Å²) < 4.78 is 0. The Hall–Kier alpha value is -2.63. The molecular weight excluding hydrogens is 316 g/mol. The number of carbonyl (C=O) groups is 1. The highest BCUT2D eigenvalue weighted by molar-refractivity contribution is 5.94. The van der Waals surface area contributed by atoms with Crippen molar-refractivity contribution in [1.82, 2.24) is 15.3 Å². The van der Waals surface area contributed by atoms with Gasteiger partial charge >= 0.3 is 0 Å². The summed E-state index contributed by atoms with van der Waals surface area (Å²) in [5.74, 6) is 0.717. The van der Waals surface area contributed by atoms with Gasteiger partial charge in [0, 0.05) is 31.0 Å². The fourth-order valence-electron chi connectivity index (χ4n) is 3.74. The minimum absolute atomic E-state index is 0.0973. The molecule has 0 unspecified atom stereocenters. The smallest absolute Gasteiger partial charge is 0.261 e. The number of fused-ring (bicyclic) bond motifs is 1. The lowest BCUT2D eigenvalue weighted by Gasteiger charge is -2.33. The Morgan fingerprint density at radius 1 is 1.24 bits per heavy atom. The molecule has 1 aliphatic heterocycles. The van der Waals surface area contributed by atoms with Gasteiger partial charge in [0.05, 0.1) is 0 Å². The summed E-state index contributed by atoms with van der Waals surface area (Å²) in [5.41, 5.74) is 2.07. The van der Waals surface area contributed by atoms with Gasteiger partial charge < -0.3 is 15.2 Å². The maximum absolute atomic E-state index is 12.5. The summed E-state index contributed by atoms with van der Waals surface area (Å²) in [5, 5.41) is 3.03. The van der Waals surface area contributed by atoms with Crippen molar-refractivity contribution >= 4 is 11.7 Å². The first-order valence-electron chi connectivity index (χ1n) is 8.92. The van der Waals surface area contributed by atoms with Crippen LogP contribution in [0.25, 0.3) is 0 Å². The third-order valence-electron chi connectivity index (χ3n) is 5.14. The van der Waals surface area contributed by atoms with Crippen LogP contribution in [0.15, 0.2) is 35.3 Å². The van der Waals surface area contributed by atoms with Crippen molar-refractivity contribution < 1.29 is 4.79 Å². The van der Waals surface area contributed by atoms with Crippen molar-refractivity contribution in [3.63, 3.8) is 0 Å². The maximum Gasteiger partial charge on any atom is 0.261 e. The van der Waals surface area contributed by atoms with Gasteiger partial charge in [-0.15, -0.1) is 0 Å². The van der Waals surface area contributed by atoms with Crippen molar-refractivity contribution in [1.29, 1.82) is 0 Å². The van der Waals surface area contributed by atoms with Crippen molar-refractivity contribution in [2.75, 3.05) is 18.0 Å². The number of aryl methyl sites for hydroxylation is 2. The molecule has 0 bridgehead atoms. The SMILES string of the molecule is O=C(NC1CCN(c2ccccn2)CC1)c1cc2c([nH]c1=O)CCC2. The van der Waals surface area contributed by atoms with E-state index in [4.69, 9.17) is 0 Å². The number of pyridine rings is 2. The van der Waals surface area contributed by atoms with E-state index >= 15 is 0 Å². The molecule has 4 rings (SSSR count). The molecule has 0 saturated carbocycles. The van der Waals surface area contributed by atoms with Crippen LogP contribution in [-0.4, -0.2) is 35.0 Å². The number of aromatic amines is 1. The predicted molar refractivity (Wildman–Crippen MR) is 96.0 cm³/mol. The van der Waals surface area contributed by atoms with Crippen LogP contribution in [-0.2, 0) is 12.8 Å². The number of H-pyrrole nitrogens is 1. The van der Waals surface area contributed by atoms with Gasteiger partial charge in [-0.05, 0) is 55.9 Å². The zero-order valence-corrected chi connectivity index (χ0v) is 14.1. The number of carbonyl (C=O) groups excluding carboxylic acids is 1. The third kappa shape index (κ3) is 3.29. The lowest BCUT2D eigenvalue weighted by molar-refractivity contribution is 0.0929. The summed E-state index contributed by atoms with van der Waals surface area (Å²) in [6.07, 6.45) is 6.38. The maximum atomic E-state index is 12.5. The number of anilines is 1. The number of hydrogen-bond acceptors (Lipinski definition) is 4. The fraction of sp³-hybridized carbons (Fsp3) is 0.421. The van der Waals surface area contributed by atoms with E-state index in [-0.39, 0.29) is 23.1 Å². The van der Waals surface area contributed by atoms with Gasteiger partial charge in [-0.25, -0.2) is 4.98 Å². The van der Waals surface area contributed by atoms with Crippen LogP contribution >= 0.6 is 0 Å². The summed E-state index contributed by atoms with van der Waals surface area (Å²) in [6, 6.07) is 7.77. The van der Waals surface area contributed by atoms with Crippen LogP contribution in [0.5, 0.6) is 0 Å². The second kappa shape index (κ2) is 6.70. The van der Waals surface area contributed by atoms with E-state index in [1.54, 1.807) is 12.3 Å². The molecule has 130 valence electrons. The minimum Gasteiger partial charge on any atom is -0.356 e. The van der Waals surface area contributed by atoms with Gasteiger partial charge in [-0.2, -0.15) is 0 Å². The summed E-state index contributed by atoms with van der Waals surface area (Å²) in [4.78, 5) is 34.2. The number of nitrogens with zero attached hydrogens (tertiary/aromatic N) is 2. The third-order valence-corrected chi connectivity index (χ3v) is 5.14. The van der Waals surface area contributed by atoms with E-state index in [1.165, 1.54) is 0 Å². The Morgan fingerprint density at radius 3 is 2.84 bits per heavy atom. The Morgan fingerprint density at radius 2 is 2.08 bits per heavy atom. The molecule has 2 aliphatic rings. The van der Waals surface area contributed by atoms with E-state index in [0.29, 0.717) is 0 Å². The molecule has 1 amide bonds. The first kappa shape index (κ1) is 15.9. The lowest BCUT2D eigenvalue weighted by Crippen LogP contribution is -2.45. The molecule has 0 aromatic carbocycles. The van der Waals surface area contributed by atoms with Crippen molar-refractivity contribution in [2.24, 2.45) is 0 Å². The van der Waals surface area contributed by atoms with Gasteiger partial charge in [-0.3, -0.25) is 9.59 Å². The van der Waals surface area contributed by atoms with E-state index in [0.717, 1.165) is 62.3 Å². The zero-order chi connectivity index (χ0) is 17.2. The largest absolute Gasteiger partial charge is 0.356 e. The summed E-state index contributed by atoms with van der Waals surface area (Å²) in [7, 11) is 0. The Bertz CT molecular complexity index is 823. The van der Waals surface area contributed by atoms with Crippen LogP contribution in [0, 0.1) is 0 Å². The van der Waals surface area contributed by atoms with Gasteiger partial charge in [0.15, 0.2) is 0 Å². The monoisotopic (exact) mass is 338 g/mol. The first-order chi connectivity index (χ1) is 12.2. The molecule has 6 nitrogen and oxygen atoms in total. The second-order valence-electron chi connectivity index (χ2n) is 6.79. The number of nitrogens with one attached hydrogen (secondary N) is 2. The minimum atomic E-state index is -0.274. The van der Waals surface area contributed by atoms with Crippen LogP contribution in [0.3, 0.4) is 0 Å². The normalized spacial score (nSPS) is 17.4. The number of aromatic nitrogens is 2. The molecule has 2 aromatic rings. The van der Waals surface area contributed by atoms with Crippen LogP contribution in [0.1, 0.15) is 40.9 Å². The molecule has 1 aliphatic carbocycles. The van der Waals surface area contributed by atoms with Crippen LogP contribution < -0.4 is 15.8 Å². The molecule has 1 fully saturated rings. The van der Waals surface area contributed by atoms with E-state index in [9.17, 15) is 9.59 Å². The highest BCUT2D eigenvalue weighted by atomic mass is 16.2. The molecule has 25 heavy (non-hydrogen) atoms. The average Bonchev–Trinajstić information content (AvgIpc) is 3.09. The van der Waals surface area contributed by atoms with E-state index in [1.807, 2.05) is 18.2 Å². The van der Waals surface area contributed by atoms with Crippen LogP contribution in [0.2, 0.25) is 0 Å². The molecule has 6 heteroatoms. The van der Waals surface area contributed by atoms with Gasteiger partial charge in [-0.1, -0.05) is 6.07 Å². The van der Waals surface area contributed by atoms with E-state index < -0.39 is 0 Å². The Kier molecular flexibility index (Phi) is 4.26. The van der Waals surface area contributed by atoms with E-state index in [2.05, 4.69) is 20.2 Å². The van der Waals surface area contributed by atoms with Crippen molar-refractivity contribution in [3.8, 4) is 0 Å². The second-order valence-corrected chi connectivity index (χ2v) is 6.79. The lowest BCUT2D eigenvalue weighted by atomic mass is 10.0. The summed E-state index contributed by atoms with van der Waals surface area (Å²) >= 11 is 0.